The fourth-order valence-electron chi connectivity index (χ4n) is 4.81. The Morgan fingerprint density at radius 3 is 2.56 bits per heavy atom. The minimum atomic E-state index is -0.286. The average Bonchev–Trinajstić information content (AvgIpc) is 3.23. The van der Waals surface area contributed by atoms with Crippen molar-refractivity contribution in [3.63, 3.8) is 0 Å². The minimum Gasteiger partial charge on any atom is -0.382 e. The van der Waals surface area contributed by atoms with Crippen LogP contribution in [-0.4, -0.2) is 22.7 Å². The third-order valence-electron chi connectivity index (χ3n) is 6.45. The fourth-order valence-corrected chi connectivity index (χ4v) is 5.08. The summed E-state index contributed by atoms with van der Waals surface area (Å²) in [6, 6.07) is 16.9. The summed E-state index contributed by atoms with van der Waals surface area (Å²) in [6.45, 7) is 5.99. The van der Waals surface area contributed by atoms with Gasteiger partial charge in [-0.1, -0.05) is 67.9 Å². The van der Waals surface area contributed by atoms with Gasteiger partial charge in [0.2, 0.25) is 0 Å². The maximum absolute atomic E-state index is 12.8. The van der Waals surface area contributed by atoms with Crippen LogP contribution < -0.4 is 11.1 Å². The number of nitrogens with one attached hydrogen (secondary N) is 1. The summed E-state index contributed by atoms with van der Waals surface area (Å²) in [5.74, 6) is 0.614. The average molecular weight is 474 g/mol. The largest absolute Gasteiger partial charge is 0.382 e. The van der Waals surface area contributed by atoms with Crippen molar-refractivity contribution in [3.8, 4) is 6.07 Å². The van der Waals surface area contributed by atoms with Crippen molar-refractivity contribution in [3.05, 3.63) is 88.3 Å². The first-order valence-corrected chi connectivity index (χ1v) is 11.9. The molecule has 0 radical (unpaired) electrons. The highest BCUT2D eigenvalue weighted by Gasteiger charge is 2.49. The van der Waals surface area contributed by atoms with E-state index in [2.05, 4.69) is 21.3 Å². The number of carbonyl (C=O) groups is 1. The summed E-state index contributed by atoms with van der Waals surface area (Å²) in [6.07, 6.45) is 5.16. The summed E-state index contributed by atoms with van der Waals surface area (Å²) in [5, 5.41) is 13.4. The first-order valence-electron chi connectivity index (χ1n) is 11.5. The molecule has 0 amide bonds. The van der Waals surface area contributed by atoms with Crippen LogP contribution in [-0.2, 0) is 0 Å². The van der Waals surface area contributed by atoms with Gasteiger partial charge in [0.25, 0.3) is 0 Å². The smallest absolute Gasteiger partial charge is 0.193 e. The molecule has 2 aromatic carbocycles. The molecule has 5 rings (SSSR count). The van der Waals surface area contributed by atoms with E-state index in [-0.39, 0.29) is 17.4 Å². The Balaban J connectivity index is 0.00000133. The Hall–Kier alpha value is -3.56. The van der Waals surface area contributed by atoms with Crippen molar-refractivity contribution in [1.82, 2.24) is 10.2 Å². The monoisotopic (exact) mass is 473 g/mol. The molecule has 1 fully saturated rings. The molecule has 1 aliphatic carbocycles. The molecule has 3 N–H and O–H groups in total. The summed E-state index contributed by atoms with van der Waals surface area (Å²) in [5.41, 5.74) is 9.43. The van der Waals surface area contributed by atoms with Gasteiger partial charge in [-0.05, 0) is 25.8 Å². The number of carbonyl (C=O) groups excluding carboxylic acids is 1. The molecule has 3 aliphatic rings. The van der Waals surface area contributed by atoms with E-state index in [1.807, 2.05) is 51.2 Å². The molecule has 1 atom stereocenters. The van der Waals surface area contributed by atoms with E-state index in [4.69, 9.17) is 17.3 Å². The lowest BCUT2D eigenvalue weighted by Crippen LogP contribution is -2.50. The molecule has 2 aliphatic heterocycles. The van der Waals surface area contributed by atoms with Crippen molar-refractivity contribution >= 4 is 28.9 Å². The lowest BCUT2D eigenvalue weighted by atomic mass is 9.63. The van der Waals surface area contributed by atoms with Gasteiger partial charge in [-0.3, -0.25) is 4.79 Å². The maximum Gasteiger partial charge on any atom is 0.193 e. The number of halogens is 1. The third kappa shape index (κ3) is 4.08. The molecule has 0 aromatic heterocycles. The second kappa shape index (κ2) is 9.36. The minimum absolute atomic E-state index is 0.0339. The summed E-state index contributed by atoms with van der Waals surface area (Å²) in [7, 11) is 0. The molecule has 34 heavy (non-hydrogen) atoms. The first kappa shape index (κ1) is 23.6. The van der Waals surface area contributed by atoms with Crippen molar-refractivity contribution in [2.45, 2.75) is 39.8 Å². The predicted molar refractivity (Wildman–Crippen MR) is 136 cm³/mol. The lowest BCUT2D eigenvalue weighted by molar-refractivity contribution is 0.0660. The molecule has 0 saturated heterocycles. The molecule has 0 bridgehead atoms. The molecular formula is C27H28ClN5O. The molecule has 1 unspecified atom stereocenters. The van der Waals surface area contributed by atoms with Crippen LogP contribution in [0.25, 0.3) is 5.70 Å². The zero-order valence-electron chi connectivity index (χ0n) is 19.5. The zero-order valence-corrected chi connectivity index (χ0v) is 20.3. The van der Waals surface area contributed by atoms with Gasteiger partial charge in [0.05, 0.1) is 22.2 Å². The first-order chi connectivity index (χ1) is 16.4. The van der Waals surface area contributed by atoms with Crippen LogP contribution in [0.3, 0.4) is 0 Å². The molecule has 7 heteroatoms. The molecule has 2 aromatic rings. The molecule has 174 valence electrons. The SMILES string of the molecule is CC.CC1(C#N)CC(C2NC(c3ccc(C(=O)c4ccccc4)cc3Cl)=C3C(N)=NC=CN32)C1. The topological polar surface area (TPSA) is 94.5 Å². The molecule has 6 nitrogen and oxygen atoms in total. The van der Waals surface area contributed by atoms with Crippen LogP contribution in [0.5, 0.6) is 0 Å². The van der Waals surface area contributed by atoms with E-state index in [1.54, 1.807) is 30.5 Å². The number of nitriles is 1. The quantitative estimate of drug-likeness (QED) is 0.589. The Labute approximate surface area is 205 Å². The number of benzene rings is 2. The van der Waals surface area contributed by atoms with E-state index in [0.717, 1.165) is 29.8 Å². The Morgan fingerprint density at radius 1 is 1.21 bits per heavy atom. The highest BCUT2D eigenvalue weighted by Crippen LogP contribution is 2.49. The number of hydrogen-bond acceptors (Lipinski definition) is 6. The van der Waals surface area contributed by atoms with Crippen molar-refractivity contribution < 1.29 is 4.79 Å². The highest BCUT2D eigenvalue weighted by molar-refractivity contribution is 6.33. The van der Waals surface area contributed by atoms with E-state index in [0.29, 0.717) is 27.9 Å². The van der Waals surface area contributed by atoms with Gasteiger partial charge in [0.1, 0.15) is 17.7 Å². The number of ketones is 1. The van der Waals surface area contributed by atoms with Crippen LogP contribution in [0.15, 0.2) is 71.6 Å². The summed E-state index contributed by atoms with van der Waals surface area (Å²) < 4.78 is 0. The standard InChI is InChI=1S/C25H22ClN5O.C2H6/c1-25(14-27)12-17(13-25)24-30-20(21-23(28)29-9-10-31(21)24)18-8-7-16(11-19(18)26)22(32)15-5-3-2-4-6-15;1-2/h2-11,17,24,30H,12-13H2,1H3,(H2,28,29);1-2H3. The van der Waals surface area contributed by atoms with Gasteiger partial charge in [-0.2, -0.15) is 5.26 Å². The van der Waals surface area contributed by atoms with Crippen molar-refractivity contribution in [1.29, 1.82) is 5.26 Å². The number of amidine groups is 1. The number of aliphatic imine (C=N–C) groups is 1. The third-order valence-corrected chi connectivity index (χ3v) is 6.76. The van der Waals surface area contributed by atoms with Gasteiger partial charge in [0.15, 0.2) is 5.78 Å². The van der Waals surface area contributed by atoms with Crippen molar-refractivity contribution in [2.75, 3.05) is 0 Å². The van der Waals surface area contributed by atoms with E-state index >= 15 is 0 Å². The highest BCUT2D eigenvalue weighted by atomic mass is 35.5. The Bertz CT molecular complexity index is 1240. The molecule has 1 saturated carbocycles. The molecular weight excluding hydrogens is 446 g/mol. The second-order valence-corrected chi connectivity index (χ2v) is 9.17. The van der Waals surface area contributed by atoms with Gasteiger partial charge in [0, 0.05) is 35.0 Å². The van der Waals surface area contributed by atoms with E-state index in [1.165, 1.54) is 0 Å². The molecule has 2 heterocycles. The number of nitrogens with two attached hydrogens (primary N) is 1. The maximum atomic E-state index is 12.8. The Morgan fingerprint density at radius 2 is 1.91 bits per heavy atom. The molecule has 0 spiro atoms. The van der Waals surface area contributed by atoms with Crippen LogP contribution in [0.4, 0.5) is 0 Å². The number of fused-ring (bicyclic) bond motifs is 1. The van der Waals surface area contributed by atoms with Gasteiger partial charge in [-0.15, -0.1) is 0 Å². The van der Waals surface area contributed by atoms with Crippen LogP contribution in [0.1, 0.15) is 55.1 Å². The van der Waals surface area contributed by atoms with Crippen LogP contribution in [0, 0.1) is 22.7 Å². The number of hydrogen-bond donors (Lipinski definition) is 2. The fraction of sp³-hybridized carbons (Fsp3) is 0.296. The van der Waals surface area contributed by atoms with Crippen LogP contribution >= 0.6 is 11.6 Å². The predicted octanol–water partition coefficient (Wildman–Crippen LogP) is 5.28. The number of rotatable bonds is 4. The number of nitrogens with zero attached hydrogens (tertiary/aromatic N) is 3. The summed E-state index contributed by atoms with van der Waals surface area (Å²) in [4.78, 5) is 19.2. The van der Waals surface area contributed by atoms with Crippen molar-refractivity contribution in [2.24, 2.45) is 22.1 Å². The van der Waals surface area contributed by atoms with Gasteiger partial charge >= 0.3 is 0 Å². The lowest BCUT2D eigenvalue weighted by Gasteiger charge is -2.45. The Kier molecular flexibility index (Phi) is 6.49. The van der Waals surface area contributed by atoms with Gasteiger partial charge in [-0.25, -0.2) is 4.99 Å². The van der Waals surface area contributed by atoms with Gasteiger partial charge < -0.3 is 16.0 Å². The second-order valence-electron chi connectivity index (χ2n) is 8.76. The van der Waals surface area contributed by atoms with Crippen LogP contribution in [0.2, 0.25) is 5.02 Å². The normalized spacial score (nSPS) is 24.7. The van der Waals surface area contributed by atoms with E-state index < -0.39 is 0 Å². The van der Waals surface area contributed by atoms with E-state index in [9.17, 15) is 10.1 Å². The zero-order chi connectivity index (χ0) is 24.5. The summed E-state index contributed by atoms with van der Waals surface area (Å²) >= 11 is 6.68.